The summed E-state index contributed by atoms with van der Waals surface area (Å²) in [6, 6.07) is 14.0. The highest BCUT2D eigenvalue weighted by atomic mass is 16.7. The molecule has 2 aromatic carbocycles. The lowest BCUT2D eigenvalue weighted by molar-refractivity contribution is 0.0922. The Labute approximate surface area is 155 Å². The molecule has 1 saturated heterocycles. The number of carbonyl (C=O) groups is 1. The highest BCUT2D eigenvalue weighted by Gasteiger charge is 2.13. The van der Waals surface area contributed by atoms with Gasteiger partial charge in [-0.3, -0.25) is 4.90 Å². The van der Waals surface area contributed by atoms with Crippen molar-refractivity contribution < 1.29 is 14.3 Å². The van der Waals surface area contributed by atoms with Gasteiger partial charge in [0.25, 0.3) is 0 Å². The van der Waals surface area contributed by atoms with Gasteiger partial charge in [-0.15, -0.1) is 0 Å². The van der Waals surface area contributed by atoms with E-state index in [9.17, 15) is 4.79 Å². The van der Waals surface area contributed by atoms with Gasteiger partial charge in [0.1, 0.15) is 12.4 Å². The Morgan fingerprint density at radius 1 is 0.962 bits per heavy atom. The van der Waals surface area contributed by atoms with Gasteiger partial charge < -0.3 is 9.47 Å². The fourth-order valence-electron chi connectivity index (χ4n) is 3.41. The fraction of sp³-hybridized carbons (Fsp3) is 0.409. The molecule has 0 atom stereocenters. The summed E-state index contributed by atoms with van der Waals surface area (Å²) in [6.45, 7) is 7.35. The van der Waals surface area contributed by atoms with Crippen LogP contribution in [0.15, 0.2) is 42.5 Å². The van der Waals surface area contributed by atoms with Crippen LogP contribution >= 0.6 is 0 Å². The van der Waals surface area contributed by atoms with E-state index in [1.165, 1.54) is 37.9 Å². The minimum absolute atomic E-state index is 0.220. The SMILES string of the molecule is Cc1cccc(C)c1OC(=O)OCc1cccc(CN2CCCCC2)c1. The first kappa shape index (κ1) is 18.5. The maximum absolute atomic E-state index is 12.0. The zero-order valence-corrected chi connectivity index (χ0v) is 15.7. The molecule has 2 aromatic rings. The molecule has 1 aliphatic rings. The second-order valence-corrected chi connectivity index (χ2v) is 7.02. The van der Waals surface area contributed by atoms with Crippen molar-refractivity contribution in [3.8, 4) is 5.75 Å². The molecule has 4 nitrogen and oxygen atoms in total. The van der Waals surface area contributed by atoms with Crippen molar-refractivity contribution in [1.29, 1.82) is 0 Å². The number of para-hydroxylation sites is 1. The fourth-order valence-corrected chi connectivity index (χ4v) is 3.41. The number of hydrogen-bond donors (Lipinski definition) is 0. The molecule has 0 spiro atoms. The van der Waals surface area contributed by atoms with Crippen molar-refractivity contribution >= 4 is 6.16 Å². The molecule has 0 bridgehead atoms. The molecule has 4 heteroatoms. The molecular weight excluding hydrogens is 326 g/mol. The lowest BCUT2D eigenvalue weighted by atomic mass is 10.1. The molecule has 0 N–H and O–H groups in total. The summed E-state index contributed by atoms with van der Waals surface area (Å²) in [5.41, 5.74) is 4.09. The first-order valence-electron chi connectivity index (χ1n) is 9.33. The van der Waals surface area contributed by atoms with E-state index >= 15 is 0 Å². The zero-order chi connectivity index (χ0) is 18.4. The van der Waals surface area contributed by atoms with Gasteiger partial charge in [-0.05, 0) is 62.0 Å². The summed E-state index contributed by atoms with van der Waals surface area (Å²) >= 11 is 0. The average Bonchev–Trinajstić information content (AvgIpc) is 2.64. The van der Waals surface area contributed by atoms with Crippen LogP contribution in [0.3, 0.4) is 0 Å². The summed E-state index contributed by atoms with van der Waals surface area (Å²) in [5, 5.41) is 0. The maximum atomic E-state index is 12.0. The molecule has 1 heterocycles. The molecule has 1 fully saturated rings. The van der Waals surface area contributed by atoms with Crippen LogP contribution < -0.4 is 4.74 Å². The van der Waals surface area contributed by atoms with E-state index in [2.05, 4.69) is 17.0 Å². The highest BCUT2D eigenvalue weighted by Crippen LogP contribution is 2.23. The van der Waals surface area contributed by atoms with Crippen molar-refractivity contribution in [2.75, 3.05) is 13.1 Å². The molecule has 138 valence electrons. The minimum Gasteiger partial charge on any atom is -0.429 e. The molecular formula is C22H27NO3. The number of rotatable bonds is 5. The van der Waals surface area contributed by atoms with E-state index in [1.807, 2.05) is 44.2 Å². The molecule has 0 amide bonds. The van der Waals surface area contributed by atoms with Gasteiger partial charge in [0, 0.05) is 6.54 Å². The smallest absolute Gasteiger partial charge is 0.429 e. The van der Waals surface area contributed by atoms with Gasteiger partial charge in [0.2, 0.25) is 0 Å². The average molecular weight is 353 g/mol. The first-order chi connectivity index (χ1) is 12.6. The third kappa shape index (κ3) is 5.09. The summed E-state index contributed by atoms with van der Waals surface area (Å²) in [5.74, 6) is 0.580. The van der Waals surface area contributed by atoms with Crippen LogP contribution in [0.25, 0.3) is 0 Å². The zero-order valence-electron chi connectivity index (χ0n) is 15.7. The first-order valence-corrected chi connectivity index (χ1v) is 9.33. The van der Waals surface area contributed by atoms with Crippen molar-refractivity contribution in [1.82, 2.24) is 4.90 Å². The number of piperidine rings is 1. The van der Waals surface area contributed by atoms with Crippen LogP contribution in [-0.2, 0) is 17.9 Å². The molecule has 0 saturated carbocycles. The van der Waals surface area contributed by atoms with Crippen LogP contribution in [0, 0.1) is 13.8 Å². The Morgan fingerprint density at radius 2 is 1.62 bits per heavy atom. The molecule has 0 unspecified atom stereocenters. The van der Waals surface area contributed by atoms with Gasteiger partial charge in [-0.2, -0.15) is 0 Å². The highest BCUT2D eigenvalue weighted by molar-refractivity contribution is 5.65. The molecule has 1 aliphatic heterocycles. The Morgan fingerprint density at radius 3 is 2.35 bits per heavy atom. The number of ether oxygens (including phenoxy) is 2. The molecule has 26 heavy (non-hydrogen) atoms. The molecule has 3 rings (SSSR count). The van der Waals surface area contributed by atoms with E-state index in [-0.39, 0.29) is 6.61 Å². The molecule has 0 aromatic heterocycles. The third-order valence-electron chi connectivity index (χ3n) is 4.80. The van der Waals surface area contributed by atoms with Crippen molar-refractivity contribution in [2.24, 2.45) is 0 Å². The number of benzene rings is 2. The van der Waals surface area contributed by atoms with Gasteiger partial charge >= 0.3 is 6.16 Å². The van der Waals surface area contributed by atoms with Gasteiger partial charge in [-0.25, -0.2) is 4.79 Å². The number of nitrogens with zero attached hydrogens (tertiary/aromatic N) is 1. The Balaban J connectivity index is 1.54. The predicted octanol–water partition coefficient (Wildman–Crippen LogP) is 5.00. The molecule has 0 aliphatic carbocycles. The summed E-state index contributed by atoms with van der Waals surface area (Å²) < 4.78 is 10.7. The number of aryl methyl sites for hydroxylation is 2. The van der Waals surface area contributed by atoms with Gasteiger partial charge in [0.05, 0.1) is 0 Å². The largest absolute Gasteiger partial charge is 0.514 e. The van der Waals surface area contributed by atoms with Gasteiger partial charge in [-0.1, -0.05) is 48.9 Å². The van der Waals surface area contributed by atoms with E-state index in [0.717, 1.165) is 23.2 Å². The normalized spacial score (nSPS) is 14.8. The second-order valence-electron chi connectivity index (χ2n) is 7.02. The Kier molecular flexibility index (Phi) is 6.29. The van der Waals surface area contributed by atoms with E-state index in [4.69, 9.17) is 9.47 Å². The second kappa shape index (κ2) is 8.86. The quantitative estimate of drug-likeness (QED) is 0.560. The monoisotopic (exact) mass is 353 g/mol. The topological polar surface area (TPSA) is 38.8 Å². The minimum atomic E-state index is -0.663. The number of hydrogen-bond acceptors (Lipinski definition) is 4. The maximum Gasteiger partial charge on any atom is 0.514 e. The van der Waals surface area contributed by atoms with E-state index < -0.39 is 6.16 Å². The molecule has 0 radical (unpaired) electrons. The van der Waals surface area contributed by atoms with Crippen LogP contribution in [0.5, 0.6) is 5.75 Å². The van der Waals surface area contributed by atoms with E-state index in [1.54, 1.807) is 0 Å². The number of likely N-dealkylation sites (tertiary alicyclic amines) is 1. The third-order valence-corrected chi connectivity index (χ3v) is 4.80. The van der Waals surface area contributed by atoms with Crippen molar-refractivity contribution in [3.05, 3.63) is 64.7 Å². The lowest BCUT2D eigenvalue weighted by Crippen LogP contribution is -2.29. The number of carbonyl (C=O) groups excluding carboxylic acids is 1. The predicted molar refractivity (Wildman–Crippen MR) is 102 cm³/mol. The van der Waals surface area contributed by atoms with Crippen LogP contribution in [0.2, 0.25) is 0 Å². The van der Waals surface area contributed by atoms with Crippen molar-refractivity contribution in [3.63, 3.8) is 0 Å². The summed E-state index contributed by atoms with van der Waals surface area (Å²) in [4.78, 5) is 14.5. The summed E-state index contributed by atoms with van der Waals surface area (Å²) in [6.07, 6.45) is 3.25. The standard InChI is InChI=1S/C22H27NO3/c1-17-8-6-9-18(2)21(17)26-22(24)25-16-20-11-7-10-19(14-20)15-23-12-4-3-5-13-23/h6-11,14H,3-5,12-13,15-16H2,1-2H3. The lowest BCUT2D eigenvalue weighted by Gasteiger charge is -2.26. The summed E-state index contributed by atoms with van der Waals surface area (Å²) in [7, 11) is 0. The van der Waals surface area contributed by atoms with Crippen LogP contribution in [0.1, 0.15) is 41.5 Å². The Hall–Kier alpha value is -2.33. The van der Waals surface area contributed by atoms with Crippen molar-refractivity contribution in [2.45, 2.75) is 46.3 Å². The Bertz CT molecular complexity index is 731. The van der Waals surface area contributed by atoms with Crippen LogP contribution in [0.4, 0.5) is 4.79 Å². The van der Waals surface area contributed by atoms with Crippen LogP contribution in [-0.4, -0.2) is 24.1 Å². The van der Waals surface area contributed by atoms with Gasteiger partial charge in [0.15, 0.2) is 0 Å². The van der Waals surface area contributed by atoms with E-state index in [0.29, 0.717) is 5.75 Å².